The smallest absolute Gasteiger partial charge is 0.229 e. The van der Waals surface area contributed by atoms with Crippen LogP contribution in [-0.4, -0.2) is 83.2 Å². The Hall–Kier alpha value is -5.08. The molecule has 2 fully saturated rings. The highest BCUT2D eigenvalue weighted by Crippen LogP contribution is 2.38. The molecular formula is C39H48F2N8O4. The van der Waals surface area contributed by atoms with Gasteiger partial charge in [-0.15, -0.1) is 0 Å². The minimum atomic E-state index is -1.04. The maximum absolute atomic E-state index is 15.1. The number of piperazine rings is 1. The maximum atomic E-state index is 15.1. The number of rotatable bonds is 13. The standard InChI is InChI=1S/C39H48F2N8O4/c1-4-38(28(2)50)45-43-27-49(29(3)51)33-8-6-31(7-9-33)46-18-20-47(21-19-46)32-10-12-34(13-11-32)53-35-15-17-39(52-22-16-35,24-48-26-42-25-44-48)36-14-5-30(40)23-37(36)41/h5-14,23,25-28,35,38,45,50H,4,15-22,24H2,1-3H3. The van der Waals surface area contributed by atoms with E-state index in [1.165, 1.54) is 36.6 Å². The zero-order valence-electron chi connectivity index (χ0n) is 30.4. The zero-order valence-corrected chi connectivity index (χ0v) is 30.4. The third-order valence-electron chi connectivity index (χ3n) is 10.0. The Morgan fingerprint density at radius 3 is 2.34 bits per heavy atom. The molecule has 282 valence electrons. The van der Waals surface area contributed by atoms with Crippen molar-refractivity contribution < 1.29 is 28.2 Å². The first-order chi connectivity index (χ1) is 25.6. The monoisotopic (exact) mass is 730 g/mol. The van der Waals surface area contributed by atoms with Gasteiger partial charge in [0, 0.05) is 68.2 Å². The number of nitrogens with zero attached hydrogens (tertiary/aromatic N) is 7. The van der Waals surface area contributed by atoms with Gasteiger partial charge in [-0.05, 0) is 80.8 Å². The molecule has 2 aliphatic heterocycles. The van der Waals surface area contributed by atoms with Crippen molar-refractivity contribution >= 4 is 29.3 Å². The van der Waals surface area contributed by atoms with E-state index in [2.05, 4.69) is 42.5 Å². The van der Waals surface area contributed by atoms with Crippen LogP contribution < -0.4 is 24.9 Å². The summed E-state index contributed by atoms with van der Waals surface area (Å²) < 4.78 is 43.3. The van der Waals surface area contributed by atoms with Crippen molar-refractivity contribution in [2.45, 2.75) is 76.9 Å². The SMILES string of the molecule is CCC(NN=CN(C(C)=O)c1ccc(N2CCN(c3ccc(OC4CCOC(Cn5cncn5)(c5ccc(F)cc5F)CC4)cc3)CC2)cc1)C(C)O. The van der Waals surface area contributed by atoms with Crippen molar-refractivity contribution in [2.75, 3.05) is 47.5 Å². The lowest BCUT2D eigenvalue weighted by atomic mass is 9.87. The van der Waals surface area contributed by atoms with Crippen molar-refractivity contribution in [3.8, 4) is 5.75 Å². The fraction of sp³-hybridized carbons (Fsp3) is 0.436. The molecule has 1 aromatic heterocycles. The molecule has 2 N–H and O–H groups in total. The van der Waals surface area contributed by atoms with Gasteiger partial charge in [-0.25, -0.2) is 18.4 Å². The predicted octanol–water partition coefficient (Wildman–Crippen LogP) is 5.47. The fourth-order valence-electron chi connectivity index (χ4n) is 7.00. The number of nitrogens with one attached hydrogen (secondary N) is 1. The number of aromatic nitrogens is 3. The molecule has 2 aliphatic rings. The summed E-state index contributed by atoms with van der Waals surface area (Å²) in [6.45, 7) is 9.10. The number of carbonyl (C=O) groups is 1. The molecule has 4 aromatic rings. The van der Waals surface area contributed by atoms with E-state index in [4.69, 9.17) is 9.47 Å². The molecule has 3 aromatic carbocycles. The van der Waals surface area contributed by atoms with Gasteiger partial charge in [0.05, 0.1) is 25.3 Å². The second-order valence-corrected chi connectivity index (χ2v) is 13.6. The van der Waals surface area contributed by atoms with Crippen LogP contribution in [0.5, 0.6) is 5.75 Å². The first kappa shape index (κ1) is 37.7. The molecular weight excluding hydrogens is 682 g/mol. The minimum absolute atomic E-state index is 0.146. The number of anilines is 3. The lowest BCUT2D eigenvalue weighted by Gasteiger charge is -2.37. The molecule has 0 spiro atoms. The molecule has 0 bridgehead atoms. The normalized spacial score (nSPS) is 20.5. The lowest BCUT2D eigenvalue weighted by molar-refractivity contribution is -0.115. The molecule has 2 saturated heterocycles. The number of amides is 1. The number of ether oxygens (including phenoxy) is 2. The number of hydrazone groups is 1. The largest absolute Gasteiger partial charge is 0.490 e. The summed E-state index contributed by atoms with van der Waals surface area (Å²) >= 11 is 0. The Morgan fingerprint density at radius 2 is 1.75 bits per heavy atom. The molecule has 4 unspecified atom stereocenters. The van der Waals surface area contributed by atoms with Crippen molar-refractivity contribution in [1.82, 2.24) is 20.2 Å². The Labute approximate surface area is 309 Å². The van der Waals surface area contributed by atoms with E-state index in [1.54, 1.807) is 17.9 Å². The molecule has 14 heteroatoms. The number of hydrogen-bond donors (Lipinski definition) is 2. The van der Waals surface area contributed by atoms with Gasteiger partial charge in [-0.1, -0.05) is 13.0 Å². The van der Waals surface area contributed by atoms with E-state index in [0.29, 0.717) is 43.5 Å². The van der Waals surface area contributed by atoms with E-state index < -0.39 is 23.3 Å². The van der Waals surface area contributed by atoms with Crippen LogP contribution in [0.1, 0.15) is 52.0 Å². The highest BCUT2D eigenvalue weighted by atomic mass is 19.1. The molecule has 3 heterocycles. The number of halogens is 2. The van der Waals surface area contributed by atoms with Gasteiger partial charge < -0.3 is 29.8 Å². The van der Waals surface area contributed by atoms with E-state index in [9.17, 15) is 14.3 Å². The van der Waals surface area contributed by atoms with E-state index >= 15 is 4.39 Å². The Kier molecular flexibility index (Phi) is 12.2. The van der Waals surface area contributed by atoms with Gasteiger partial charge >= 0.3 is 0 Å². The van der Waals surface area contributed by atoms with Crippen LogP contribution in [-0.2, 0) is 21.7 Å². The molecule has 1 amide bonds. The summed E-state index contributed by atoms with van der Waals surface area (Å²) in [6, 6.07) is 19.4. The highest BCUT2D eigenvalue weighted by Gasteiger charge is 2.40. The Morgan fingerprint density at radius 1 is 1.08 bits per heavy atom. The molecule has 53 heavy (non-hydrogen) atoms. The number of aliphatic hydroxyl groups excluding tert-OH is 1. The van der Waals surface area contributed by atoms with Gasteiger partial charge in [0.2, 0.25) is 5.91 Å². The minimum Gasteiger partial charge on any atom is -0.490 e. The van der Waals surface area contributed by atoms with Gasteiger partial charge in [0.15, 0.2) is 0 Å². The number of benzene rings is 3. The Bertz CT molecular complexity index is 1800. The first-order valence-electron chi connectivity index (χ1n) is 18.2. The summed E-state index contributed by atoms with van der Waals surface area (Å²) in [5.41, 5.74) is 5.08. The van der Waals surface area contributed by atoms with Gasteiger partial charge in [-0.2, -0.15) is 10.2 Å². The molecule has 0 aliphatic carbocycles. The quantitative estimate of drug-likeness (QED) is 0.105. The molecule has 0 saturated carbocycles. The summed E-state index contributed by atoms with van der Waals surface area (Å²) in [5.74, 6) is -0.697. The first-order valence-corrected chi connectivity index (χ1v) is 18.2. The zero-order chi connectivity index (χ0) is 37.4. The number of hydrogen-bond acceptors (Lipinski definition) is 10. The third-order valence-corrected chi connectivity index (χ3v) is 10.0. The van der Waals surface area contributed by atoms with Crippen molar-refractivity contribution in [2.24, 2.45) is 5.10 Å². The third kappa shape index (κ3) is 9.30. The summed E-state index contributed by atoms with van der Waals surface area (Å²) in [6.07, 6.45) is 6.12. The average molecular weight is 731 g/mol. The van der Waals surface area contributed by atoms with Crippen LogP contribution in [0.2, 0.25) is 0 Å². The van der Waals surface area contributed by atoms with Crippen LogP contribution in [0.15, 0.2) is 84.5 Å². The van der Waals surface area contributed by atoms with Crippen LogP contribution in [0.4, 0.5) is 25.8 Å². The number of carbonyl (C=O) groups excluding carboxylic acids is 1. The molecule has 12 nitrogen and oxygen atoms in total. The lowest BCUT2D eigenvalue weighted by Crippen LogP contribution is -2.46. The van der Waals surface area contributed by atoms with Crippen LogP contribution in [0.25, 0.3) is 0 Å². The number of aliphatic hydroxyl groups is 1. The van der Waals surface area contributed by atoms with Crippen LogP contribution in [0.3, 0.4) is 0 Å². The topological polar surface area (TPSA) is 121 Å². The second kappa shape index (κ2) is 17.2. The average Bonchev–Trinajstić information content (AvgIpc) is 3.58. The van der Waals surface area contributed by atoms with Crippen molar-refractivity contribution in [1.29, 1.82) is 0 Å². The molecule has 0 radical (unpaired) electrons. The van der Waals surface area contributed by atoms with Gasteiger partial charge in [-0.3, -0.25) is 9.69 Å². The van der Waals surface area contributed by atoms with Crippen molar-refractivity contribution in [3.05, 3.63) is 96.6 Å². The van der Waals surface area contributed by atoms with Crippen molar-refractivity contribution in [3.63, 3.8) is 0 Å². The predicted molar refractivity (Wildman–Crippen MR) is 200 cm³/mol. The van der Waals surface area contributed by atoms with Gasteiger partial charge in [0.1, 0.15) is 48.1 Å². The summed E-state index contributed by atoms with van der Waals surface area (Å²) in [5, 5.41) is 18.3. The summed E-state index contributed by atoms with van der Waals surface area (Å²) in [4.78, 5) is 22.5. The van der Waals surface area contributed by atoms with E-state index in [0.717, 1.165) is 49.4 Å². The molecule has 6 rings (SSSR count). The van der Waals surface area contributed by atoms with E-state index in [-0.39, 0.29) is 24.6 Å². The summed E-state index contributed by atoms with van der Waals surface area (Å²) in [7, 11) is 0. The second-order valence-electron chi connectivity index (χ2n) is 13.6. The Balaban J connectivity index is 1.02. The highest BCUT2D eigenvalue weighted by molar-refractivity contribution is 6.07. The fourth-order valence-corrected chi connectivity index (χ4v) is 7.00. The van der Waals surface area contributed by atoms with Crippen LogP contribution >= 0.6 is 0 Å². The van der Waals surface area contributed by atoms with Crippen LogP contribution in [0, 0.1) is 11.6 Å². The molecule has 4 atom stereocenters. The van der Waals surface area contributed by atoms with Gasteiger partial charge in [0.25, 0.3) is 0 Å². The van der Waals surface area contributed by atoms with E-state index in [1.807, 2.05) is 43.3 Å². The maximum Gasteiger partial charge on any atom is 0.229 e.